The first-order valence-electron chi connectivity index (χ1n) is 5.93. The van der Waals surface area contributed by atoms with Crippen LogP contribution in [0.3, 0.4) is 0 Å². The van der Waals surface area contributed by atoms with Crippen LogP contribution in [0.25, 0.3) is 0 Å². The molecule has 0 amide bonds. The zero-order valence-electron chi connectivity index (χ0n) is 11.5. The second kappa shape index (κ2) is 6.02. The molecule has 4 N–H and O–H groups in total. The van der Waals surface area contributed by atoms with E-state index in [0.717, 1.165) is 15.7 Å². The summed E-state index contributed by atoms with van der Waals surface area (Å²) in [7, 11) is 3.70. The summed E-state index contributed by atoms with van der Waals surface area (Å²) in [4.78, 5) is 14.4. The summed E-state index contributed by atoms with van der Waals surface area (Å²) in [6, 6.07) is 5.94. The SMILES string of the molecule is Cc1ccc(Br)cc1Nc1nc(NN)nc(N(C)C)n1. The van der Waals surface area contributed by atoms with E-state index in [4.69, 9.17) is 5.84 Å². The minimum atomic E-state index is 0.304. The molecule has 0 saturated heterocycles. The van der Waals surface area contributed by atoms with Crippen molar-refractivity contribution >= 4 is 39.5 Å². The standard InChI is InChI=1S/C12H16BrN7/c1-7-4-5-8(13)6-9(7)15-10-16-11(19-14)18-12(17-10)20(2)3/h4-6H,14H2,1-3H3,(H2,15,16,17,18,19). The number of nitrogens with one attached hydrogen (secondary N) is 2. The predicted molar refractivity (Wildman–Crippen MR) is 84.1 cm³/mol. The van der Waals surface area contributed by atoms with Crippen molar-refractivity contribution in [3.05, 3.63) is 28.2 Å². The Kier molecular flexibility index (Phi) is 4.35. The van der Waals surface area contributed by atoms with Crippen molar-refractivity contribution in [1.29, 1.82) is 0 Å². The fourth-order valence-corrected chi connectivity index (χ4v) is 1.90. The summed E-state index contributed by atoms with van der Waals surface area (Å²) in [5, 5.41) is 3.17. The van der Waals surface area contributed by atoms with Gasteiger partial charge in [0.1, 0.15) is 0 Å². The summed E-state index contributed by atoms with van der Waals surface area (Å²) in [6.07, 6.45) is 0. The highest BCUT2D eigenvalue weighted by Crippen LogP contribution is 2.23. The number of aryl methyl sites for hydroxylation is 1. The van der Waals surface area contributed by atoms with Gasteiger partial charge in [0.2, 0.25) is 17.8 Å². The van der Waals surface area contributed by atoms with Gasteiger partial charge in [-0.2, -0.15) is 15.0 Å². The number of nitrogens with two attached hydrogens (primary N) is 1. The number of anilines is 4. The fourth-order valence-electron chi connectivity index (χ4n) is 1.53. The third-order valence-electron chi connectivity index (χ3n) is 2.60. The first-order chi connectivity index (χ1) is 9.49. The minimum absolute atomic E-state index is 0.304. The molecule has 0 radical (unpaired) electrons. The Morgan fingerprint density at radius 2 is 1.85 bits per heavy atom. The average molecular weight is 338 g/mol. The predicted octanol–water partition coefficient (Wildman–Crippen LogP) is 2.04. The lowest BCUT2D eigenvalue weighted by atomic mass is 10.2. The maximum Gasteiger partial charge on any atom is 0.243 e. The molecule has 0 unspecified atom stereocenters. The van der Waals surface area contributed by atoms with Crippen LogP contribution in [-0.4, -0.2) is 29.0 Å². The van der Waals surface area contributed by atoms with E-state index in [-0.39, 0.29) is 0 Å². The summed E-state index contributed by atoms with van der Waals surface area (Å²) in [5.74, 6) is 6.63. The maximum atomic E-state index is 5.38. The number of nitrogens with zero attached hydrogens (tertiary/aromatic N) is 4. The number of halogens is 1. The Bertz CT molecular complexity index is 615. The molecule has 8 heteroatoms. The van der Waals surface area contributed by atoms with Crippen LogP contribution in [0.4, 0.5) is 23.5 Å². The maximum absolute atomic E-state index is 5.38. The second-order valence-electron chi connectivity index (χ2n) is 4.41. The van der Waals surface area contributed by atoms with E-state index in [2.05, 4.69) is 41.6 Å². The van der Waals surface area contributed by atoms with Crippen molar-refractivity contribution in [1.82, 2.24) is 15.0 Å². The Morgan fingerprint density at radius 3 is 2.50 bits per heavy atom. The van der Waals surface area contributed by atoms with E-state index in [1.54, 1.807) is 4.90 Å². The Morgan fingerprint density at radius 1 is 1.15 bits per heavy atom. The molecule has 0 aliphatic carbocycles. The van der Waals surface area contributed by atoms with Gasteiger partial charge in [-0.05, 0) is 24.6 Å². The van der Waals surface area contributed by atoms with Crippen LogP contribution < -0.4 is 21.5 Å². The van der Waals surface area contributed by atoms with E-state index in [9.17, 15) is 0 Å². The molecular formula is C12H16BrN7. The lowest BCUT2D eigenvalue weighted by Crippen LogP contribution is -2.18. The topological polar surface area (TPSA) is 92.0 Å². The Balaban J connectivity index is 2.37. The van der Waals surface area contributed by atoms with E-state index in [1.807, 2.05) is 39.2 Å². The molecule has 20 heavy (non-hydrogen) atoms. The number of hydrogen-bond donors (Lipinski definition) is 3. The van der Waals surface area contributed by atoms with Gasteiger partial charge < -0.3 is 10.2 Å². The van der Waals surface area contributed by atoms with Gasteiger partial charge >= 0.3 is 0 Å². The van der Waals surface area contributed by atoms with Gasteiger partial charge in [0.25, 0.3) is 0 Å². The first kappa shape index (κ1) is 14.5. The number of aromatic nitrogens is 3. The zero-order chi connectivity index (χ0) is 14.7. The van der Waals surface area contributed by atoms with Gasteiger partial charge in [-0.1, -0.05) is 22.0 Å². The van der Waals surface area contributed by atoms with Gasteiger partial charge in [-0.25, -0.2) is 5.84 Å². The number of hydrogen-bond acceptors (Lipinski definition) is 7. The number of nitrogen functional groups attached to an aromatic ring is 1. The van der Waals surface area contributed by atoms with Crippen molar-refractivity contribution in [2.24, 2.45) is 5.84 Å². The summed E-state index contributed by atoms with van der Waals surface area (Å²) in [6.45, 7) is 2.00. The molecule has 2 rings (SSSR count). The number of rotatable bonds is 4. The third kappa shape index (κ3) is 3.34. The van der Waals surface area contributed by atoms with E-state index >= 15 is 0 Å². The van der Waals surface area contributed by atoms with Crippen LogP contribution in [0.5, 0.6) is 0 Å². The highest BCUT2D eigenvalue weighted by Gasteiger charge is 2.09. The summed E-state index contributed by atoms with van der Waals surface area (Å²) >= 11 is 3.44. The summed E-state index contributed by atoms with van der Waals surface area (Å²) < 4.78 is 0.977. The lowest BCUT2D eigenvalue weighted by molar-refractivity contribution is 0.956. The molecule has 0 atom stereocenters. The normalized spacial score (nSPS) is 10.2. The third-order valence-corrected chi connectivity index (χ3v) is 3.09. The van der Waals surface area contributed by atoms with Gasteiger partial charge in [-0.3, -0.25) is 5.43 Å². The van der Waals surface area contributed by atoms with Gasteiger partial charge in [0.15, 0.2) is 0 Å². The monoisotopic (exact) mass is 337 g/mol. The van der Waals surface area contributed by atoms with Crippen LogP contribution in [-0.2, 0) is 0 Å². The molecule has 0 spiro atoms. The molecule has 0 aliphatic heterocycles. The van der Waals surface area contributed by atoms with E-state index in [1.165, 1.54) is 0 Å². The molecule has 1 heterocycles. The molecule has 7 nitrogen and oxygen atoms in total. The lowest BCUT2D eigenvalue weighted by Gasteiger charge is -2.14. The van der Waals surface area contributed by atoms with Crippen molar-refractivity contribution in [2.75, 3.05) is 29.7 Å². The molecule has 106 valence electrons. The van der Waals surface area contributed by atoms with E-state index in [0.29, 0.717) is 17.8 Å². The van der Waals surface area contributed by atoms with Crippen molar-refractivity contribution in [2.45, 2.75) is 6.92 Å². The molecule has 0 bridgehead atoms. The number of benzene rings is 1. The van der Waals surface area contributed by atoms with Gasteiger partial charge in [0.05, 0.1) is 0 Å². The van der Waals surface area contributed by atoms with Gasteiger partial charge in [-0.15, -0.1) is 0 Å². The molecule has 1 aromatic heterocycles. The zero-order valence-corrected chi connectivity index (χ0v) is 13.1. The molecule has 2 aromatic rings. The highest BCUT2D eigenvalue weighted by molar-refractivity contribution is 9.10. The Hall–Kier alpha value is -1.93. The second-order valence-corrected chi connectivity index (χ2v) is 5.32. The quantitative estimate of drug-likeness (QED) is 0.580. The number of hydrazine groups is 1. The fraction of sp³-hybridized carbons (Fsp3) is 0.250. The highest BCUT2D eigenvalue weighted by atomic mass is 79.9. The van der Waals surface area contributed by atoms with Crippen molar-refractivity contribution in [3.8, 4) is 0 Å². The van der Waals surface area contributed by atoms with Crippen molar-refractivity contribution < 1.29 is 0 Å². The van der Waals surface area contributed by atoms with Crippen LogP contribution in [0.15, 0.2) is 22.7 Å². The average Bonchev–Trinajstić information content (AvgIpc) is 2.42. The van der Waals surface area contributed by atoms with Crippen LogP contribution in [0, 0.1) is 6.92 Å². The van der Waals surface area contributed by atoms with E-state index < -0.39 is 0 Å². The first-order valence-corrected chi connectivity index (χ1v) is 6.72. The summed E-state index contributed by atoms with van der Waals surface area (Å²) in [5.41, 5.74) is 4.44. The van der Waals surface area contributed by atoms with Crippen LogP contribution >= 0.6 is 15.9 Å². The van der Waals surface area contributed by atoms with Crippen LogP contribution in [0.1, 0.15) is 5.56 Å². The van der Waals surface area contributed by atoms with Gasteiger partial charge in [0, 0.05) is 24.3 Å². The molecule has 0 saturated carbocycles. The molecule has 0 aliphatic rings. The van der Waals surface area contributed by atoms with Crippen molar-refractivity contribution in [3.63, 3.8) is 0 Å². The largest absolute Gasteiger partial charge is 0.347 e. The van der Waals surface area contributed by atoms with Crippen LogP contribution in [0.2, 0.25) is 0 Å². The molecule has 0 fully saturated rings. The molecule has 1 aromatic carbocycles. The molecular weight excluding hydrogens is 322 g/mol. The smallest absolute Gasteiger partial charge is 0.243 e. The Labute approximate surface area is 125 Å². The minimum Gasteiger partial charge on any atom is -0.347 e.